The van der Waals surface area contributed by atoms with Crippen LogP contribution in [0.2, 0.25) is 0 Å². The second-order valence-corrected chi connectivity index (χ2v) is 8.72. The molecule has 1 aliphatic rings. The maximum atomic E-state index is 13.8. The van der Waals surface area contributed by atoms with E-state index in [1.165, 1.54) is 4.90 Å². The molecule has 0 aromatic heterocycles. The zero-order valence-corrected chi connectivity index (χ0v) is 19.5. The molecular weight excluding hydrogens is 426 g/mol. The molecule has 0 aliphatic carbocycles. The molecule has 1 saturated heterocycles. The van der Waals surface area contributed by atoms with E-state index in [2.05, 4.69) is 0 Å². The largest absolute Gasteiger partial charge is 0.348 e. The highest BCUT2D eigenvalue weighted by Crippen LogP contribution is 2.29. The lowest BCUT2D eigenvalue weighted by atomic mass is 9.92. The minimum Gasteiger partial charge on any atom is -0.348 e. The number of hydrogen-bond donors (Lipinski definition) is 0. The summed E-state index contributed by atoms with van der Waals surface area (Å²) >= 11 is 0. The Morgan fingerprint density at radius 2 is 1.12 bits per heavy atom. The van der Waals surface area contributed by atoms with Crippen molar-refractivity contribution in [1.29, 1.82) is 0 Å². The second-order valence-electron chi connectivity index (χ2n) is 8.72. The summed E-state index contributed by atoms with van der Waals surface area (Å²) in [6.45, 7) is 0.842. The summed E-state index contributed by atoms with van der Waals surface area (Å²) < 4.78 is 0. The van der Waals surface area contributed by atoms with Gasteiger partial charge in [-0.3, -0.25) is 19.3 Å². The minimum atomic E-state index is -0.619. The van der Waals surface area contributed by atoms with Crippen LogP contribution in [0.15, 0.2) is 91.0 Å². The van der Waals surface area contributed by atoms with E-state index in [1.807, 2.05) is 76.5 Å². The Labute approximate surface area is 200 Å². The van der Waals surface area contributed by atoms with Gasteiger partial charge in [0.2, 0.25) is 5.91 Å². The molecule has 1 aliphatic heterocycles. The van der Waals surface area contributed by atoms with Gasteiger partial charge in [0, 0.05) is 44.0 Å². The highest BCUT2D eigenvalue weighted by molar-refractivity contribution is 6.07. The van der Waals surface area contributed by atoms with Crippen LogP contribution in [0.4, 0.5) is 5.69 Å². The van der Waals surface area contributed by atoms with E-state index in [0.29, 0.717) is 24.2 Å². The van der Waals surface area contributed by atoms with E-state index in [1.54, 1.807) is 38.4 Å². The molecule has 3 aromatic carbocycles. The number of benzene rings is 3. The van der Waals surface area contributed by atoms with Crippen molar-refractivity contribution in [2.75, 3.05) is 38.6 Å². The number of rotatable bonds is 7. The lowest BCUT2D eigenvalue weighted by molar-refractivity contribution is -0.130. The number of anilines is 1. The van der Waals surface area contributed by atoms with Gasteiger partial charge in [-0.25, -0.2) is 0 Å². The van der Waals surface area contributed by atoms with Crippen molar-refractivity contribution < 1.29 is 14.4 Å². The highest BCUT2D eigenvalue weighted by Gasteiger charge is 2.42. The number of amides is 1. The number of hydrogen-bond acceptors (Lipinski definition) is 5. The van der Waals surface area contributed by atoms with Crippen molar-refractivity contribution in [3.05, 3.63) is 102 Å². The number of nitrogens with zero attached hydrogens (tertiary/aromatic N) is 3. The topological polar surface area (TPSA) is 60.9 Å². The first kappa shape index (κ1) is 23.4. The highest BCUT2D eigenvalue weighted by atomic mass is 16.2. The van der Waals surface area contributed by atoms with Crippen LogP contribution in [0.25, 0.3) is 0 Å². The molecule has 1 heterocycles. The maximum absolute atomic E-state index is 13.8. The Morgan fingerprint density at radius 3 is 1.53 bits per heavy atom. The molecule has 174 valence electrons. The fraction of sp³-hybridized carbons (Fsp3) is 0.250. The number of likely N-dealkylation sites (N-methyl/N-ethyl adjacent to an activating group) is 1. The van der Waals surface area contributed by atoms with Gasteiger partial charge in [-0.15, -0.1) is 0 Å². The van der Waals surface area contributed by atoms with Crippen LogP contribution in [0.3, 0.4) is 0 Å². The molecule has 0 N–H and O–H groups in total. The van der Waals surface area contributed by atoms with E-state index in [0.717, 1.165) is 5.69 Å². The molecule has 34 heavy (non-hydrogen) atoms. The molecule has 6 heteroatoms. The monoisotopic (exact) mass is 455 g/mol. The van der Waals surface area contributed by atoms with Crippen LogP contribution in [0, 0.1) is 0 Å². The molecule has 6 nitrogen and oxygen atoms in total. The van der Waals surface area contributed by atoms with Crippen molar-refractivity contribution >= 4 is 23.2 Å². The Bertz CT molecular complexity index is 1070. The van der Waals surface area contributed by atoms with Crippen molar-refractivity contribution in [3.8, 4) is 0 Å². The normalized spacial score (nSPS) is 18.4. The maximum Gasteiger partial charge on any atom is 0.236 e. The van der Waals surface area contributed by atoms with Crippen LogP contribution < -0.4 is 4.90 Å². The zero-order chi connectivity index (χ0) is 24.1. The molecule has 3 aromatic rings. The number of carbonyl (C=O) groups excluding carboxylic acids is 3. The standard InChI is InChI=1S/C28H29N3O3/c1-29(2)26(32)20-30-18-24(27(33)21-12-6-3-7-13-21)31(23-16-10-5-11-17-23)25(19-30)28(34)22-14-8-4-9-15-22/h3-17,24-25H,18-20H2,1-2H3. The lowest BCUT2D eigenvalue weighted by Gasteiger charge is -2.46. The Balaban J connectivity index is 1.78. The van der Waals surface area contributed by atoms with E-state index in [9.17, 15) is 14.4 Å². The van der Waals surface area contributed by atoms with E-state index in [-0.39, 0.29) is 24.0 Å². The van der Waals surface area contributed by atoms with Gasteiger partial charge in [0.1, 0.15) is 12.1 Å². The van der Waals surface area contributed by atoms with Crippen LogP contribution in [0.5, 0.6) is 0 Å². The Kier molecular flexibility index (Phi) is 7.18. The first-order chi connectivity index (χ1) is 16.5. The lowest BCUT2D eigenvalue weighted by Crippen LogP contribution is -2.64. The molecule has 0 bridgehead atoms. The summed E-state index contributed by atoms with van der Waals surface area (Å²) in [6, 6.07) is 26.6. The molecular formula is C28H29N3O3. The number of Topliss-reactive ketones (excluding diaryl/α,β-unsaturated/α-hetero) is 2. The van der Waals surface area contributed by atoms with Gasteiger partial charge in [-0.05, 0) is 12.1 Å². The average molecular weight is 456 g/mol. The number of piperazine rings is 1. The van der Waals surface area contributed by atoms with Gasteiger partial charge in [0.25, 0.3) is 0 Å². The molecule has 4 rings (SSSR count). The Morgan fingerprint density at radius 1 is 0.706 bits per heavy atom. The molecule has 0 spiro atoms. The predicted octanol–water partition coefficient (Wildman–Crippen LogP) is 3.40. The van der Waals surface area contributed by atoms with Crippen LogP contribution in [-0.2, 0) is 4.79 Å². The van der Waals surface area contributed by atoms with Gasteiger partial charge in [0.05, 0.1) is 6.54 Å². The summed E-state index contributed by atoms with van der Waals surface area (Å²) in [5.74, 6) is -0.209. The average Bonchev–Trinajstić information content (AvgIpc) is 2.88. The van der Waals surface area contributed by atoms with Crippen molar-refractivity contribution in [2.45, 2.75) is 12.1 Å². The zero-order valence-electron chi connectivity index (χ0n) is 19.5. The minimum absolute atomic E-state index is 0.0648. The molecule has 2 atom stereocenters. The number of ketones is 2. The molecule has 0 saturated carbocycles. The van der Waals surface area contributed by atoms with Crippen LogP contribution in [0.1, 0.15) is 20.7 Å². The summed E-state index contributed by atoms with van der Waals surface area (Å²) in [6.07, 6.45) is 0. The van der Waals surface area contributed by atoms with Crippen LogP contribution in [-0.4, -0.2) is 73.1 Å². The van der Waals surface area contributed by atoms with Crippen molar-refractivity contribution in [2.24, 2.45) is 0 Å². The molecule has 0 radical (unpaired) electrons. The SMILES string of the molecule is CN(C)C(=O)CN1CC(C(=O)c2ccccc2)N(c2ccccc2)C(C(=O)c2ccccc2)C1. The fourth-order valence-corrected chi connectivity index (χ4v) is 4.39. The fourth-order valence-electron chi connectivity index (χ4n) is 4.39. The van der Waals surface area contributed by atoms with Gasteiger partial charge in [0.15, 0.2) is 11.6 Å². The van der Waals surface area contributed by atoms with Gasteiger partial charge >= 0.3 is 0 Å². The third-order valence-corrected chi connectivity index (χ3v) is 6.17. The Hall–Kier alpha value is -3.77. The van der Waals surface area contributed by atoms with E-state index < -0.39 is 12.1 Å². The number of carbonyl (C=O) groups is 3. The summed E-state index contributed by atoms with van der Waals surface area (Å²) in [7, 11) is 3.42. The second kappa shape index (κ2) is 10.4. The molecule has 2 unspecified atom stereocenters. The number of para-hydroxylation sites is 1. The molecule has 1 amide bonds. The summed E-state index contributed by atoms with van der Waals surface area (Å²) in [4.78, 5) is 45.5. The van der Waals surface area contributed by atoms with E-state index in [4.69, 9.17) is 0 Å². The quantitative estimate of drug-likeness (QED) is 0.511. The molecule has 1 fully saturated rings. The first-order valence-corrected chi connectivity index (χ1v) is 11.4. The third-order valence-electron chi connectivity index (χ3n) is 6.17. The van der Waals surface area contributed by atoms with Crippen LogP contribution >= 0.6 is 0 Å². The smallest absolute Gasteiger partial charge is 0.236 e. The van der Waals surface area contributed by atoms with Crippen molar-refractivity contribution in [1.82, 2.24) is 9.80 Å². The predicted molar refractivity (Wildman–Crippen MR) is 133 cm³/mol. The van der Waals surface area contributed by atoms with Gasteiger partial charge in [-0.2, -0.15) is 0 Å². The van der Waals surface area contributed by atoms with Gasteiger partial charge < -0.3 is 9.80 Å². The third kappa shape index (κ3) is 5.07. The van der Waals surface area contributed by atoms with E-state index >= 15 is 0 Å². The van der Waals surface area contributed by atoms with Crippen molar-refractivity contribution in [3.63, 3.8) is 0 Å². The van der Waals surface area contributed by atoms with Gasteiger partial charge in [-0.1, -0.05) is 78.9 Å². The summed E-state index contributed by atoms with van der Waals surface area (Å²) in [5, 5.41) is 0. The first-order valence-electron chi connectivity index (χ1n) is 11.4. The summed E-state index contributed by atoms with van der Waals surface area (Å²) in [5.41, 5.74) is 1.98.